The van der Waals surface area contributed by atoms with Crippen molar-refractivity contribution >= 4 is 28.7 Å². The number of nitrogens with two attached hydrogens (primary N) is 1. The smallest absolute Gasteiger partial charge is 0.255 e. The van der Waals surface area contributed by atoms with E-state index in [1.54, 1.807) is 36.4 Å². The molecular weight excluding hydrogens is 513 g/mol. The summed E-state index contributed by atoms with van der Waals surface area (Å²) in [7, 11) is 3.00. The highest BCUT2D eigenvalue weighted by Gasteiger charge is 2.24. The maximum absolute atomic E-state index is 13.6. The Balaban J connectivity index is 1.94. The molecule has 0 spiro atoms. The molecule has 0 aliphatic carbocycles. The number of amides is 3. The van der Waals surface area contributed by atoms with E-state index < -0.39 is 17.3 Å². The van der Waals surface area contributed by atoms with Gasteiger partial charge in [0, 0.05) is 30.0 Å². The van der Waals surface area contributed by atoms with Crippen LogP contribution in [-0.4, -0.2) is 37.4 Å². The summed E-state index contributed by atoms with van der Waals surface area (Å²) in [5.41, 5.74) is 8.69. The van der Waals surface area contributed by atoms with Gasteiger partial charge in [-0.3, -0.25) is 14.4 Å². The third kappa shape index (κ3) is 5.98. The Morgan fingerprint density at radius 1 is 0.975 bits per heavy atom. The molecule has 3 amide bonds. The second kappa shape index (κ2) is 11.2. The first-order valence-electron chi connectivity index (χ1n) is 12.8. The normalized spacial score (nSPS) is 11.3. The van der Waals surface area contributed by atoms with Gasteiger partial charge in [0.2, 0.25) is 5.91 Å². The molecule has 0 aliphatic heterocycles. The Bertz CT molecular complexity index is 1600. The molecule has 0 radical (unpaired) electrons. The zero-order chi connectivity index (χ0) is 29.2. The summed E-state index contributed by atoms with van der Waals surface area (Å²) < 4.78 is 25.2. The summed E-state index contributed by atoms with van der Waals surface area (Å²) in [6, 6.07) is 14.5. The summed E-state index contributed by atoms with van der Waals surface area (Å²) in [5, 5.41) is 6.14. The van der Waals surface area contributed by atoms with Gasteiger partial charge in [0.25, 0.3) is 11.8 Å². The minimum atomic E-state index is -0.484. The summed E-state index contributed by atoms with van der Waals surface area (Å²) in [4.78, 5) is 37.9. The second-order valence-electron chi connectivity index (χ2n) is 10.5. The van der Waals surface area contributed by atoms with E-state index in [1.165, 1.54) is 26.3 Å². The Morgan fingerprint density at radius 3 is 2.25 bits per heavy atom. The Morgan fingerprint density at radius 2 is 1.65 bits per heavy atom. The number of halogens is 1. The molecule has 3 aromatic carbocycles. The lowest BCUT2D eigenvalue weighted by Gasteiger charge is -2.22. The SMILES string of the molecule is CNC(=O)c1c(-c2ccc(F)cc2)oc2ccc(-c3cc(C(=O)NC(C)(C)C)c(OC)cc3CCC(N)=O)cc12. The molecule has 4 N–H and O–H groups in total. The lowest BCUT2D eigenvalue weighted by molar-refractivity contribution is -0.118. The van der Waals surface area contributed by atoms with Crippen molar-refractivity contribution in [2.24, 2.45) is 5.73 Å². The van der Waals surface area contributed by atoms with E-state index in [0.717, 1.165) is 5.56 Å². The van der Waals surface area contributed by atoms with Crippen LogP contribution in [-0.2, 0) is 11.2 Å². The molecule has 0 bridgehead atoms. The van der Waals surface area contributed by atoms with Gasteiger partial charge in [-0.15, -0.1) is 0 Å². The Labute approximate surface area is 231 Å². The summed E-state index contributed by atoms with van der Waals surface area (Å²) >= 11 is 0. The number of benzene rings is 3. The van der Waals surface area contributed by atoms with Crippen LogP contribution < -0.4 is 21.1 Å². The Hall–Kier alpha value is -4.66. The van der Waals surface area contributed by atoms with Crippen LogP contribution in [0.1, 0.15) is 53.5 Å². The highest BCUT2D eigenvalue weighted by molar-refractivity contribution is 6.12. The topological polar surface area (TPSA) is 124 Å². The van der Waals surface area contributed by atoms with Crippen molar-refractivity contribution in [2.45, 2.75) is 39.2 Å². The van der Waals surface area contributed by atoms with Gasteiger partial charge in [-0.05, 0) is 92.4 Å². The van der Waals surface area contributed by atoms with E-state index in [0.29, 0.717) is 56.7 Å². The number of methoxy groups -OCH3 is 1. The lowest BCUT2D eigenvalue weighted by atomic mass is 9.92. The minimum absolute atomic E-state index is 0.0931. The van der Waals surface area contributed by atoms with E-state index in [1.807, 2.05) is 26.8 Å². The number of rotatable bonds is 8. The number of nitrogens with one attached hydrogen (secondary N) is 2. The van der Waals surface area contributed by atoms with E-state index in [4.69, 9.17) is 14.9 Å². The fourth-order valence-corrected chi connectivity index (χ4v) is 4.53. The quantitative estimate of drug-likeness (QED) is 0.280. The number of hydrogen-bond acceptors (Lipinski definition) is 5. The van der Waals surface area contributed by atoms with Gasteiger partial charge in [0.1, 0.15) is 22.9 Å². The van der Waals surface area contributed by atoms with Gasteiger partial charge in [-0.1, -0.05) is 6.07 Å². The van der Waals surface area contributed by atoms with Gasteiger partial charge in [0.15, 0.2) is 0 Å². The van der Waals surface area contributed by atoms with Crippen molar-refractivity contribution in [1.82, 2.24) is 10.6 Å². The summed E-state index contributed by atoms with van der Waals surface area (Å²) in [6.07, 6.45) is 0.407. The van der Waals surface area contributed by atoms with Crippen molar-refractivity contribution in [3.63, 3.8) is 0 Å². The van der Waals surface area contributed by atoms with Crippen molar-refractivity contribution < 1.29 is 27.9 Å². The van der Waals surface area contributed by atoms with Crippen molar-refractivity contribution in [2.75, 3.05) is 14.2 Å². The number of primary amides is 1. The number of hydrogen-bond donors (Lipinski definition) is 3. The van der Waals surface area contributed by atoms with Crippen LogP contribution >= 0.6 is 0 Å². The monoisotopic (exact) mass is 545 g/mol. The van der Waals surface area contributed by atoms with E-state index >= 15 is 0 Å². The number of fused-ring (bicyclic) bond motifs is 1. The van der Waals surface area contributed by atoms with E-state index in [2.05, 4.69) is 10.6 Å². The third-order valence-electron chi connectivity index (χ3n) is 6.36. The zero-order valence-corrected chi connectivity index (χ0v) is 23.1. The number of furan rings is 1. The second-order valence-corrected chi connectivity index (χ2v) is 10.5. The fraction of sp³-hybridized carbons (Fsp3) is 0.258. The van der Waals surface area contributed by atoms with Crippen LogP contribution in [0.15, 0.2) is 59.0 Å². The average molecular weight is 546 g/mol. The van der Waals surface area contributed by atoms with Crippen LogP contribution in [0.5, 0.6) is 5.75 Å². The maximum Gasteiger partial charge on any atom is 0.255 e. The molecule has 0 unspecified atom stereocenters. The molecule has 40 heavy (non-hydrogen) atoms. The van der Waals surface area contributed by atoms with Gasteiger partial charge in [-0.25, -0.2) is 4.39 Å². The molecule has 1 heterocycles. The number of aryl methyl sites for hydroxylation is 1. The third-order valence-corrected chi connectivity index (χ3v) is 6.36. The molecule has 0 fully saturated rings. The standard InChI is InChI=1S/C31H32FN3O5/c1-31(2,3)35-29(37)23-16-21(19(9-13-26(33)36)15-25(23)39-5)18-8-12-24-22(14-18)27(30(38)34-4)28(40-24)17-6-10-20(32)11-7-17/h6-8,10-12,14-16H,9,13H2,1-5H3,(H2,33,36)(H,34,38)(H,35,37). The largest absolute Gasteiger partial charge is 0.496 e. The first kappa shape index (κ1) is 28.4. The highest BCUT2D eigenvalue weighted by Crippen LogP contribution is 2.38. The van der Waals surface area contributed by atoms with Crippen molar-refractivity contribution in [3.05, 3.63) is 77.1 Å². The first-order valence-corrected chi connectivity index (χ1v) is 12.8. The molecule has 4 aromatic rings. The highest BCUT2D eigenvalue weighted by atomic mass is 19.1. The number of ether oxygens (including phenoxy) is 1. The van der Waals surface area contributed by atoms with Crippen LogP contribution in [0.2, 0.25) is 0 Å². The van der Waals surface area contributed by atoms with Crippen LogP contribution in [0.4, 0.5) is 4.39 Å². The molecule has 0 aliphatic rings. The molecule has 0 saturated heterocycles. The van der Waals surface area contributed by atoms with Gasteiger partial charge < -0.3 is 25.5 Å². The van der Waals surface area contributed by atoms with Gasteiger partial charge in [0.05, 0.1) is 18.2 Å². The zero-order valence-electron chi connectivity index (χ0n) is 23.1. The Kier molecular flexibility index (Phi) is 7.95. The number of carbonyl (C=O) groups is 3. The molecule has 9 heteroatoms. The maximum atomic E-state index is 13.6. The van der Waals surface area contributed by atoms with Gasteiger partial charge in [-0.2, -0.15) is 0 Å². The first-order chi connectivity index (χ1) is 18.9. The molecule has 0 atom stereocenters. The summed E-state index contributed by atoms with van der Waals surface area (Å²) in [6.45, 7) is 5.64. The fourth-order valence-electron chi connectivity index (χ4n) is 4.53. The van der Waals surface area contributed by atoms with E-state index in [9.17, 15) is 18.8 Å². The molecule has 4 rings (SSSR count). The molecule has 8 nitrogen and oxygen atoms in total. The number of carbonyl (C=O) groups excluding carboxylic acids is 3. The van der Waals surface area contributed by atoms with Crippen molar-refractivity contribution in [1.29, 1.82) is 0 Å². The van der Waals surface area contributed by atoms with Crippen LogP contribution in [0, 0.1) is 5.82 Å². The van der Waals surface area contributed by atoms with Gasteiger partial charge >= 0.3 is 0 Å². The lowest BCUT2D eigenvalue weighted by Crippen LogP contribution is -2.40. The average Bonchev–Trinajstić information content (AvgIpc) is 3.29. The van der Waals surface area contributed by atoms with E-state index in [-0.39, 0.29) is 18.2 Å². The molecule has 1 aromatic heterocycles. The van der Waals surface area contributed by atoms with Crippen LogP contribution in [0.25, 0.3) is 33.4 Å². The summed E-state index contributed by atoms with van der Waals surface area (Å²) in [5.74, 6) is -0.891. The predicted molar refractivity (Wildman–Crippen MR) is 152 cm³/mol. The minimum Gasteiger partial charge on any atom is -0.496 e. The van der Waals surface area contributed by atoms with Crippen molar-refractivity contribution in [3.8, 4) is 28.2 Å². The molecule has 208 valence electrons. The molecule has 0 saturated carbocycles. The predicted octanol–water partition coefficient (Wildman–Crippen LogP) is 5.22. The van der Waals surface area contributed by atoms with Crippen LogP contribution in [0.3, 0.4) is 0 Å². The molecular formula is C31H32FN3O5.